The van der Waals surface area contributed by atoms with Gasteiger partial charge in [0, 0.05) is 29.9 Å². The van der Waals surface area contributed by atoms with Crippen LogP contribution in [-0.4, -0.2) is 54.5 Å². The molecule has 0 unspecified atom stereocenters. The molecule has 2 aliphatic heterocycles. The molecular formula is C28H30F3N2O3+. The molecule has 1 spiro atoms. The highest BCUT2D eigenvalue weighted by Gasteiger charge is 2.66. The number of aliphatic hydroxyl groups excluding tert-OH is 1. The summed E-state index contributed by atoms with van der Waals surface area (Å²) in [5, 5.41) is 12.9. The number of alkyl halides is 3. The summed E-state index contributed by atoms with van der Waals surface area (Å²) in [5.41, 5.74) is 0.667. The molecule has 190 valence electrons. The minimum atomic E-state index is -5.04. The van der Waals surface area contributed by atoms with Gasteiger partial charge < -0.3 is 19.6 Å². The van der Waals surface area contributed by atoms with Crippen LogP contribution in [0.15, 0.2) is 48.0 Å². The van der Waals surface area contributed by atoms with Crippen molar-refractivity contribution in [2.45, 2.75) is 55.8 Å². The quantitative estimate of drug-likeness (QED) is 0.340. The highest BCUT2D eigenvalue weighted by Crippen LogP contribution is 2.64. The Balaban J connectivity index is 1.42. The van der Waals surface area contributed by atoms with E-state index in [-0.39, 0.29) is 22.8 Å². The molecule has 1 saturated carbocycles. The van der Waals surface area contributed by atoms with Crippen LogP contribution < -0.4 is 10.1 Å². The topological polar surface area (TPSA) is 58.6 Å². The number of nitrogens with one attached hydrogen (secondary N) is 1. The maximum Gasteiger partial charge on any atom is 0.425 e. The summed E-state index contributed by atoms with van der Waals surface area (Å²) in [7, 11) is 4.59. The summed E-state index contributed by atoms with van der Waals surface area (Å²) in [5.74, 6) is -1.53. The van der Waals surface area contributed by atoms with E-state index in [0.29, 0.717) is 17.7 Å². The van der Waals surface area contributed by atoms with Crippen molar-refractivity contribution < 1.29 is 32.3 Å². The van der Waals surface area contributed by atoms with Gasteiger partial charge in [-0.15, -0.1) is 0 Å². The predicted octanol–water partition coefficient (Wildman–Crippen LogP) is 5.36. The zero-order valence-electron chi connectivity index (χ0n) is 20.4. The number of benzene rings is 2. The Morgan fingerprint density at radius 2 is 1.89 bits per heavy atom. The number of hydrogen-bond donors (Lipinski definition) is 2. The first-order valence-corrected chi connectivity index (χ1v) is 12.6. The number of likely N-dealkylation sites (tertiary alicyclic amines) is 1. The maximum atomic E-state index is 14.0. The number of rotatable bonds is 3. The molecule has 4 aliphatic rings. The summed E-state index contributed by atoms with van der Waals surface area (Å²) in [6.45, 7) is 1.02. The molecule has 6 rings (SSSR count). The van der Waals surface area contributed by atoms with Crippen LogP contribution in [0.3, 0.4) is 0 Å². The molecule has 2 fully saturated rings. The highest BCUT2D eigenvalue weighted by molar-refractivity contribution is 6.09. The number of anilines is 1. The number of quaternary nitrogens is 1. The molecule has 2 aromatic carbocycles. The number of aliphatic hydroxyl groups is 1. The van der Waals surface area contributed by atoms with Crippen LogP contribution in [-0.2, 0) is 16.6 Å². The second-order valence-corrected chi connectivity index (χ2v) is 11.2. The number of piperidine rings is 1. The molecule has 0 radical (unpaired) electrons. The summed E-state index contributed by atoms with van der Waals surface area (Å²) in [6, 6.07) is 11.4. The number of ether oxygens (including phenoxy) is 1. The molecule has 0 aromatic heterocycles. The summed E-state index contributed by atoms with van der Waals surface area (Å²) >= 11 is 0. The van der Waals surface area contributed by atoms with E-state index in [2.05, 4.69) is 19.4 Å². The van der Waals surface area contributed by atoms with Crippen LogP contribution in [0.1, 0.15) is 42.4 Å². The van der Waals surface area contributed by atoms with Crippen molar-refractivity contribution in [3.8, 4) is 5.75 Å². The van der Waals surface area contributed by atoms with E-state index >= 15 is 0 Å². The number of likely N-dealkylation sites (N-methyl/N-ethyl adjacent to an activating group) is 1. The van der Waals surface area contributed by atoms with Crippen molar-refractivity contribution in [3.63, 3.8) is 0 Å². The van der Waals surface area contributed by atoms with E-state index in [1.165, 1.54) is 29.8 Å². The minimum absolute atomic E-state index is 0.0264. The van der Waals surface area contributed by atoms with Gasteiger partial charge in [-0.25, -0.2) is 0 Å². The Kier molecular flexibility index (Phi) is 5.04. The smallest absolute Gasteiger partial charge is 0.425 e. The van der Waals surface area contributed by atoms with Crippen LogP contribution in [0.25, 0.3) is 5.76 Å². The number of carbonyl (C=O) groups excluding carboxylic acids is 1. The third-order valence-electron chi connectivity index (χ3n) is 9.12. The van der Waals surface area contributed by atoms with E-state index in [0.717, 1.165) is 48.7 Å². The van der Waals surface area contributed by atoms with Crippen molar-refractivity contribution >= 4 is 17.4 Å². The average molecular weight is 500 g/mol. The standard InChI is InChI=1S/C28H29F3N2O3/c1-33(2)14-13-27-18-9-6-10-21(27)36-25-19(12-11-17(22(25)27)15-20(18)33)32-26(35)23(28(29,30)31)24(34)16-7-4-3-5-8-16/h3-5,7-8,11-12,18,20-21H,6,9-10,13-15H2,1-2H3,(H-,32,34,35)/p+1/t18-,20+,21-,27+/m0/s1. The summed E-state index contributed by atoms with van der Waals surface area (Å²) in [6.07, 6.45) is -0.127. The second-order valence-electron chi connectivity index (χ2n) is 11.2. The lowest BCUT2D eigenvalue weighted by molar-refractivity contribution is -0.927. The lowest BCUT2D eigenvalue weighted by Crippen LogP contribution is -2.69. The number of nitrogens with zero attached hydrogens (tertiary/aromatic N) is 1. The molecule has 5 nitrogen and oxygen atoms in total. The van der Waals surface area contributed by atoms with Crippen LogP contribution in [0.2, 0.25) is 0 Å². The first kappa shape index (κ1) is 23.4. The lowest BCUT2D eigenvalue weighted by atomic mass is 9.51. The first-order chi connectivity index (χ1) is 17.0. The maximum absolute atomic E-state index is 14.0. The molecule has 4 atom stereocenters. The SMILES string of the molecule is C[N+]1(C)CC[C@]23c4c5ccc(NC(=O)C(=C(O)c6ccccc6)C(F)(F)F)c4O[C@H]2CCC[C@H]3[C@H]1C5. The number of hydrogen-bond acceptors (Lipinski definition) is 3. The van der Waals surface area contributed by atoms with Crippen LogP contribution >= 0.6 is 0 Å². The zero-order chi connectivity index (χ0) is 25.5. The van der Waals surface area contributed by atoms with E-state index in [9.17, 15) is 23.1 Å². The Labute approximate surface area is 208 Å². The molecule has 2 bridgehead atoms. The van der Waals surface area contributed by atoms with Gasteiger partial charge in [-0.1, -0.05) is 36.4 Å². The van der Waals surface area contributed by atoms with Gasteiger partial charge >= 0.3 is 6.18 Å². The van der Waals surface area contributed by atoms with Crippen LogP contribution in [0, 0.1) is 5.92 Å². The molecular weight excluding hydrogens is 469 g/mol. The van der Waals surface area contributed by atoms with E-state index in [1.54, 1.807) is 12.1 Å². The fourth-order valence-corrected chi connectivity index (χ4v) is 7.50. The normalized spacial score (nSPS) is 30.1. The van der Waals surface area contributed by atoms with Gasteiger partial charge in [0.05, 0.1) is 37.8 Å². The third kappa shape index (κ3) is 3.23. The van der Waals surface area contributed by atoms with Crippen molar-refractivity contribution in [3.05, 3.63) is 64.7 Å². The molecule has 8 heteroatoms. The van der Waals surface area contributed by atoms with Crippen LogP contribution in [0.4, 0.5) is 18.9 Å². The second kappa shape index (κ2) is 7.75. The average Bonchev–Trinajstić information content (AvgIpc) is 3.17. The van der Waals surface area contributed by atoms with Gasteiger partial charge in [0.15, 0.2) is 5.57 Å². The Morgan fingerprint density at radius 3 is 2.61 bits per heavy atom. The monoisotopic (exact) mass is 499 g/mol. The fraction of sp³-hybridized carbons (Fsp3) is 0.464. The largest absolute Gasteiger partial charge is 0.506 e. The van der Waals surface area contributed by atoms with Crippen molar-refractivity contribution in [1.29, 1.82) is 0 Å². The minimum Gasteiger partial charge on any atom is -0.506 e. The van der Waals surface area contributed by atoms with E-state index < -0.39 is 23.4 Å². The molecule has 2 aromatic rings. The van der Waals surface area contributed by atoms with Crippen molar-refractivity contribution in [2.24, 2.45) is 5.92 Å². The lowest BCUT2D eigenvalue weighted by Gasteiger charge is -2.59. The number of halogens is 3. The Bertz CT molecular complexity index is 1270. The Hall–Kier alpha value is -3.00. The van der Waals surface area contributed by atoms with Gasteiger partial charge in [0.25, 0.3) is 5.91 Å². The highest BCUT2D eigenvalue weighted by atomic mass is 19.4. The first-order valence-electron chi connectivity index (χ1n) is 12.6. The molecule has 2 N–H and O–H groups in total. The van der Waals surface area contributed by atoms with Gasteiger partial charge in [-0.3, -0.25) is 4.79 Å². The molecule has 1 amide bonds. The summed E-state index contributed by atoms with van der Waals surface area (Å²) in [4.78, 5) is 13.0. The number of amides is 1. The third-order valence-corrected chi connectivity index (χ3v) is 9.12. The molecule has 36 heavy (non-hydrogen) atoms. The van der Waals surface area contributed by atoms with Crippen molar-refractivity contribution in [1.82, 2.24) is 0 Å². The Morgan fingerprint density at radius 1 is 1.14 bits per heavy atom. The zero-order valence-corrected chi connectivity index (χ0v) is 20.4. The van der Waals surface area contributed by atoms with Gasteiger partial charge in [-0.2, -0.15) is 13.2 Å². The van der Waals surface area contributed by atoms with Gasteiger partial charge in [0.1, 0.15) is 17.6 Å². The van der Waals surface area contributed by atoms with Gasteiger partial charge in [-0.05, 0) is 30.9 Å². The predicted molar refractivity (Wildman–Crippen MR) is 130 cm³/mol. The van der Waals surface area contributed by atoms with Gasteiger partial charge in [0.2, 0.25) is 0 Å². The van der Waals surface area contributed by atoms with Crippen LogP contribution in [0.5, 0.6) is 5.75 Å². The van der Waals surface area contributed by atoms with E-state index in [1.807, 2.05) is 6.07 Å². The molecule has 2 aliphatic carbocycles. The van der Waals surface area contributed by atoms with Crippen molar-refractivity contribution in [2.75, 3.05) is 26.0 Å². The molecule has 1 saturated heterocycles. The molecule has 2 heterocycles. The fourth-order valence-electron chi connectivity index (χ4n) is 7.50. The number of carbonyl (C=O) groups is 1. The summed E-state index contributed by atoms with van der Waals surface area (Å²) < 4.78 is 49.4. The van der Waals surface area contributed by atoms with E-state index in [4.69, 9.17) is 4.74 Å².